The third-order valence-electron chi connectivity index (χ3n) is 4.06. The predicted octanol–water partition coefficient (Wildman–Crippen LogP) is 1.84. The van der Waals surface area contributed by atoms with Gasteiger partial charge in [-0.25, -0.2) is 8.78 Å². The van der Waals surface area contributed by atoms with E-state index < -0.39 is 23.5 Å². The molecule has 1 unspecified atom stereocenters. The normalized spacial score (nSPS) is 23.6. The van der Waals surface area contributed by atoms with Gasteiger partial charge in [0, 0.05) is 18.5 Å². The Kier molecular flexibility index (Phi) is 4.21. The maximum atomic E-state index is 13.7. The number of halogens is 2. The number of β-amino-alcohol motifs (C(OH)–C–C–N with tert-alkyl or cyclic N) is 1. The average Bonchev–Trinajstić information content (AvgIpc) is 2.89. The SMILES string of the molecule is OC(CN1CCCC2(C1)OCCO2)c1cc(F)ccc1F. The first kappa shape index (κ1) is 14.8. The van der Waals surface area contributed by atoms with Crippen LogP contribution in [0.4, 0.5) is 8.78 Å². The molecule has 0 aliphatic carbocycles. The summed E-state index contributed by atoms with van der Waals surface area (Å²) in [4.78, 5) is 1.98. The number of benzene rings is 1. The topological polar surface area (TPSA) is 41.9 Å². The monoisotopic (exact) mass is 299 g/mol. The van der Waals surface area contributed by atoms with E-state index in [2.05, 4.69) is 0 Å². The van der Waals surface area contributed by atoms with Crippen molar-refractivity contribution < 1.29 is 23.4 Å². The molecule has 21 heavy (non-hydrogen) atoms. The summed E-state index contributed by atoms with van der Waals surface area (Å²) in [5, 5.41) is 10.2. The minimum absolute atomic E-state index is 0.0112. The van der Waals surface area contributed by atoms with Crippen LogP contribution in [0.5, 0.6) is 0 Å². The van der Waals surface area contributed by atoms with Gasteiger partial charge in [-0.15, -0.1) is 0 Å². The van der Waals surface area contributed by atoms with Crippen molar-refractivity contribution in [2.24, 2.45) is 0 Å². The molecular formula is C15H19F2NO3. The number of hydrogen-bond donors (Lipinski definition) is 1. The molecule has 0 radical (unpaired) electrons. The molecule has 1 spiro atoms. The molecule has 2 saturated heterocycles. The van der Waals surface area contributed by atoms with Crippen LogP contribution in [0.25, 0.3) is 0 Å². The molecular weight excluding hydrogens is 280 g/mol. The van der Waals surface area contributed by atoms with Crippen molar-refractivity contribution in [3.63, 3.8) is 0 Å². The second kappa shape index (κ2) is 5.96. The van der Waals surface area contributed by atoms with E-state index in [0.29, 0.717) is 19.8 Å². The van der Waals surface area contributed by atoms with E-state index in [1.165, 1.54) is 0 Å². The lowest BCUT2D eigenvalue weighted by molar-refractivity contribution is -0.191. The summed E-state index contributed by atoms with van der Waals surface area (Å²) in [7, 11) is 0. The molecule has 116 valence electrons. The largest absolute Gasteiger partial charge is 0.387 e. The number of piperidine rings is 1. The molecule has 2 heterocycles. The van der Waals surface area contributed by atoms with Crippen LogP contribution in [0.3, 0.4) is 0 Å². The average molecular weight is 299 g/mol. The minimum Gasteiger partial charge on any atom is -0.387 e. The Morgan fingerprint density at radius 3 is 2.81 bits per heavy atom. The molecule has 3 rings (SSSR count). The summed E-state index contributed by atoms with van der Waals surface area (Å²) in [6.07, 6.45) is 0.643. The van der Waals surface area contributed by atoms with Crippen LogP contribution < -0.4 is 0 Å². The van der Waals surface area contributed by atoms with Gasteiger partial charge < -0.3 is 14.6 Å². The number of rotatable bonds is 3. The highest BCUT2D eigenvalue weighted by atomic mass is 19.1. The van der Waals surface area contributed by atoms with Crippen LogP contribution in [-0.2, 0) is 9.47 Å². The molecule has 2 aliphatic rings. The number of aliphatic hydroxyl groups excluding tert-OH is 1. The first-order valence-corrected chi connectivity index (χ1v) is 7.21. The van der Waals surface area contributed by atoms with Crippen molar-refractivity contribution >= 4 is 0 Å². The summed E-state index contributed by atoms with van der Waals surface area (Å²) >= 11 is 0. The fourth-order valence-corrected chi connectivity index (χ4v) is 3.07. The fraction of sp³-hybridized carbons (Fsp3) is 0.600. The third kappa shape index (κ3) is 3.23. The molecule has 0 bridgehead atoms. The Bertz CT molecular complexity index is 506. The number of ether oxygens (including phenoxy) is 2. The summed E-state index contributed by atoms with van der Waals surface area (Å²) in [6.45, 7) is 2.71. The van der Waals surface area contributed by atoms with Crippen molar-refractivity contribution in [2.45, 2.75) is 24.7 Å². The van der Waals surface area contributed by atoms with Crippen LogP contribution >= 0.6 is 0 Å². The Balaban J connectivity index is 1.66. The van der Waals surface area contributed by atoms with E-state index in [4.69, 9.17) is 9.47 Å². The zero-order valence-electron chi connectivity index (χ0n) is 11.7. The van der Waals surface area contributed by atoms with Gasteiger partial charge in [-0.2, -0.15) is 0 Å². The zero-order valence-corrected chi connectivity index (χ0v) is 11.7. The molecule has 0 aromatic heterocycles. The number of likely N-dealkylation sites (tertiary alicyclic amines) is 1. The molecule has 4 nitrogen and oxygen atoms in total. The van der Waals surface area contributed by atoms with Gasteiger partial charge in [0.15, 0.2) is 5.79 Å². The second-order valence-electron chi connectivity index (χ2n) is 5.63. The van der Waals surface area contributed by atoms with Crippen LogP contribution in [-0.4, -0.2) is 48.6 Å². The predicted molar refractivity (Wildman–Crippen MR) is 71.6 cm³/mol. The molecule has 2 aliphatic heterocycles. The summed E-state index contributed by atoms with van der Waals surface area (Å²) in [5.74, 6) is -1.73. The van der Waals surface area contributed by atoms with Crippen LogP contribution in [0.15, 0.2) is 18.2 Å². The molecule has 0 saturated carbocycles. The maximum Gasteiger partial charge on any atom is 0.181 e. The van der Waals surface area contributed by atoms with Gasteiger partial charge in [0.05, 0.1) is 25.9 Å². The number of nitrogens with zero attached hydrogens (tertiary/aromatic N) is 1. The fourth-order valence-electron chi connectivity index (χ4n) is 3.07. The van der Waals surface area contributed by atoms with Crippen LogP contribution in [0, 0.1) is 11.6 Å². The van der Waals surface area contributed by atoms with Crippen molar-refractivity contribution in [2.75, 3.05) is 32.8 Å². The van der Waals surface area contributed by atoms with Crippen molar-refractivity contribution in [1.29, 1.82) is 0 Å². The highest BCUT2D eigenvalue weighted by Gasteiger charge is 2.41. The Labute approximate surface area is 122 Å². The molecule has 1 aromatic carbocycles. The van der Waals surface area contributed by atoms with Gasteiger partial charge in [0.1, 0.15) is 11.6 Å². The molecule has 1 N–H and O–H groups in total. The van der Waals surface area contributed by atoms with E-state index in [1.54, 1.807) is 0 Å². The molecule has 1 atom stereocenters. The highest BCUT2D eigenvalue weighted by molar-refractivity contribution is 5.21. The van der Waals surface area contributed by atoms with E-state index >= 15 is 0 Å². The first-order chi connectivity index (χ1) is 10.1. The number of aliphatic hydroxyl groups is 1. The van der Waals surface area contributed by atoms with E-state index in [-0.39, 0.29) is 12.1 Å². The quantitative estimate of drug-likeness (QED) is 0.925. The molecule has 0 amide bonds. The maximum absolute atomic E-state index is 13.7. The van der Waals surface area contributed by atoms with Crippen molar-refractivity contribution in [3.8, 4) is 0 Å². The van der Waals surface area contributed by atoms with E-state index in [0.717, 1.165) is 37.6 Å². The molecule has 6 heteroatoms. The minimum atomic E-state index is -1.07. The lowest BCUT2D eigenvalue weighted by Crippen LogP contribution is -2.49. The summed E-state index contributed by atoms with van der Waals surface area (Å²) in [6, 6.07) is 3.12. The molecule has 1 aromatic rings. The van der Waals surface area contributed by atoms with Gasteiger partial charge in [0.25, 0.3) is 0 Å². The summed E-state index contributed by atoms with van der Waals surface area (Å²) in [5.41, 5.74) is -0.0112. The Morgan fingerprint density at radius 2 is 2.05 bits per heavy atom. The van der Waals surface area contributed by atoms with Crippen molar-refractivity contribution in [1.82, 2.24) is 4.90 Å². The van der Waals surface area contributed by atoms with Gasteiger partial charge >= 0.3 is 0 Å². The van der Waals surface area contributed by atoms with Crippen LogP contribution in [0.1, 0.15) is 24.5 Å². The third-order valence-corrected chi connectivity index (χ3v) is 4.06. The van der Waals surface area contributed by atoms with E-state index in [9.17, 15) is 13.9 Å². The van der Waals surface area contributed by atoms with Crippen molar-refractivity contribution in [3.05, 3.63) is 35.4 Å². The van der Waals surface area contributed by atoms with Gasteiger partial charge in [0.2, 0.25) is 0 Å². The van der Waals surface area contributed by atoms with Gasteiger partial charge in [-0.05, 0) is 31.2 Å². The molecule has 2 fully saturated rings. The Morgan fingerprint density at radius 1 is 1.29 bits per heavy atom. The number of hydrogen-bond acceptors (Lipinski definition) is 4. The van der Waals surface area contributed by atoms with Gasteiger partial charge in [-0.3, -0.25) is 4.90 Å². The lowest BCUT2D eigenvalue weighted by atomic mass is 10.0. The first-order valence-electron chi connectivity index (χ1n) is 7.21. The highest BCUT2D eigenvalue weighted by Crippen LogP contribution is 2.31. The summed E-state index contributed by atoms with van der Waals surface area (Å²) < 4.78 is 38.2. The standard InChI is InChI=1S/C15H19F2NO3/c16-11-2-3-13(17)12(8-11)14(19)9-18-5-1-4-15(10-18)20-6-7-21-15/h2-3,8,14,19H,1,4-7,9-10H2. The van der Waals surface area contributed by atoms with Crippen LogP contribution in [0.2, 0.25) is 0 Å². The smallest absolute Gasteiger partial charge is 0.181 e. The van der Waals surface area contributed by atoms with Gasteiger partial charge in [-0.1, -0.05) is 0 Å². The second-order valence-corrected chi connectivity index (χ2v) is 5.63. The Hall–Kier alpha value is -1.08. The lowest BCUT2D eigenvalue weighted by Gasteiger charge is -2.39. The zero-order chi connectivity index (χ0) is 14.9. The van der Waals surface area contributed by atoms with E-state index in [1.807, 2.05) is 4.90 Å².